The molecule has 2 heterocycles. The van der Waals surface area contributed by atoms with E-state index in [1.807, 2.05) is 0 Å². The number of aliphatic hydroxyl groups excluding tert-OH is 1. The molecule has 16 heteroatoms. The predicted octanol–water partition coefficient (Wildman–Crippen LogP) is 2.17. The molecule has 0 amide bonds. The minimum Gasteiger partial charge on any atom is -0.392 e. The van der Waals surface area contributed by atoms with Crippen molar-refractivity contribution in [3.05, 3.63) is 107 Å². The number of alkyl halides is 3. The van der Waals surface area contributed by atoms with Crippen LogP contribution in [-0.2, 0) is 45.0 Å². The second-order valence-corrected chi connectivity index (χ2v) is 15.4. The number of ketones is 4. The van der Waals surface area contributed by atoms with E-state index in [1.165, 1.54) is 36.5 Å². The highest BCUT2D eigenvalue weighted by Crippen LogP contribution is 2.45. The quantitative estimate of drug-likeness (QED) is 0.426. The Balaban J connectivity index is 1.33. The van der Waals surface area contributed by atoms with E-state index >= 15 is 0 Å². The lowest BCUT2D eigenvalue weighted by molar-refractivity contribution is -0.144. The zero-order chi connectivity index (χ0) is 34.9. The van der Waals surface area contributed by atoms with Crippen molar-refractivity contribution in [2.24, 2.45) is 11.8 Å². The summed E-state index contributed by atoms with van der Waals surface area (Å²) < 4.78 is 94.7. The minimum atomic E-state index is -5.18. The molecular weight excluding hydrogens is 677 g/mol. The Morgan fingerprint density at radius 3 is 1.79 bits per heavy atom. The van der Waals surface area contributed by atoms with Crippen molar-refractivity contribution in [1.29, 1.82) is 0 Å². The summed E-state index contributed by atoms with van der Waals surface area (Å²) in [7, 11) is -8.45. The van der Waals surface area contributed by atoms with Gasteiger partial charge in [0.2, 0.25) is 43.2 Å². The molecule has 2 aliphatic carbocycles. The van der Waals surface area contributed by atoms with Crippen LogP contribution >= 0.6 is 0 Å². The first-order valence-electron chi connectivity index (χ1n) is 14.3. The van der Waals surface area contributed by atoms with E-state index in [1.54, 1.807) is 30.3 Å². The fourth-order valence-corrected chi connectivity index (χ4v) is 8.97. The zero-order valence-corrected chi connectivity index (χ0v) is 26.4. The minimum absolute atomic E-state index is 0.0412. The Kier molecular flexibility index (Phi) is 7.96. The van der Waals surface area contributed by atoms with Crippen molar-refractivity contribution in [1.82, 2.24) is 8.61 Å². The second kappa shape index (κ2) is 11.5. The fraction of sp³-hybridized carbons (Fsp3) is 0.250. The number of fused-ring (bicyclic) bond motifs is 2. The molecule has 1 N–H and O–H groups in total. The van der Waals surface area contributed by atoms with E-state index in [9.17, 15) is 54.3 Å². The third-order valence-electron chi connectivity index (χ3n) is 8.66. The highest BCUT2D eigenvalue weighted by atomic mass is 32.2. The maximum Gasteiger partial charge on any atom is 0.420 e. The van der Waals surface area contributed by atoms with Crippen molar-refractivity contribution in [2.45, 2.75) is 24.0 Å². The van der Waals surface area contributed by atoms with Gasteiger partial charge in [0.15, 0.2) is 0 Å². The van der Waals surface area contributed by atoms with Gasteiger partial charge < -0.3 is 5.11 Å². The SMILES string of the molecule is CS(=O)(=O)N1C=C(c2ccc(CS(=O)(=O)N3C=C(c4ccccc4)C4C(=O)C(=O)C(CO)=CC43)cc2)C2C(=O)C(=O)C(C(F)(F)F)=CC21. The maximum absolute atomic E-state index is 13.8. The number of nitrogens with zero attached hydrogens (tertiary/aromatic N) is 2. The molecule has 4 aliphatic rings. The van der Waals surface area contributed by atoms with E-state index in [0.717, 1.165) is 16.8 Å². The average Bonchev–Trinajstić information content (AvgIpc) is 3.61. The molecule has 0 spiro atoms. The van der Waals surface area contributed by atoms with Crippen molar-refractivity contribution in [3.63, 3.8) is 0 Å². The Labute approximate surface area is 272 Å². The summed E-state index contributed by atoms with van der Waals surface area (Å²) >= 11 is 0. The number of allylic oxidation sites excluding steroid dienone is 1. The van der Waals surface area contributed by atoms with E-state index < -0.39 is 91.2 Å². The van der Waals surface area contributed by atoms with Gasteiger partial charge in [-0.1, -0.05) is 60.7 Å². The number of aliphatic hydroxyl groups is 1. The van der Waals surface area contributed by atoms with Crippen LogP contribution in [0.5, 0.6) is 0 Å². The van der Waals surface area contributed by atoms with Gasteiger partial charge in [-0.3, -0.25) is 27.8 Å². The molecule has 4 unspecified atom stereocenters. The van der Waals surface area contributed by atoms with Gasteiger partial charge in [-0.15, -0.1) is 0 Å². The molecule has 0 radical (unpaired) electrons. The van der Waals surface area contributed by atoms with Gasteiger partial charge in [0.05, 0.1) is 42.5 Å². The van der Waals surface area contributed by atoms with Gasteiger partial charge in [0.25, 0.3) is 0 Å². The summed E-state index contributed by atoms with van der Waals surface area (Å²) in [5.41, 5.74) is -0.817. The van der Waals surface area contributed by atoms with Crippen LogP contribution in [0.15, 0.2) is 90.3 Å². The first kappa shape index (κ1) is 33.2. The van der Waals surface area contributed by atoms with Crippen LogP contribution in [0.4, 0.5) is 13.2 Å². The molecule has 6 rings (SSSR count). The molecule has 2 aromatic rings. The van der Waals surface area contributed by atoms with Crippen LogP contribution in [-0.4, -0.2) is 84.8 Å². The average molecular weight is 703 g/mol. The molecular formula is C32H25F3N2O9S2. The van der Waals surface area contributed by atoms with Gasteiger partial charge in [-0.25, -0.2) is 16.8 Å². The van der Waals surface area contributed by atoms with Crippen LogP contribution in [0.25, 0.3) is 11.1 Å². The van der Waals surface area contributed by atoms with E-state index in [4.69, 9.17) is 0 Å². The number of halogens is 3. The number of benzene rings is 2. The van der Waals surface area contributed by atoms with Gasteiger partial charge in [-0.2, -0.15) is 13.2 Å². The third-order valence-corrected chi connectivity index (χ3v) is 11.5. The summed E-state index contributed by atoms with van der Waals surface area (Å²) in [5, 5.41) is 9.68. The Morgan fingerprint density at radius 2 is 1.25 bits per heavy atom. The smallest absolute Gasteiger partial charge is 0.392 e. The van der Waals surface area contributed by atoms with Crippen molar-refractivity contribution < 1.29 is 54.3 Å². The van der Waals surface area contributed by atoms with Crippen molar-refractivity contribution in [2.75, 3.05) is 12.9 Å². The van der Waals surface area contributed by atoms with Gasteiger partial charge in [-0.05, 0) is 33.9 Å². The van der Waals surface area contributed by atoms with E-state index in [2.05, 4.69) is 0 Å². The zero-order valence-electron chi connectivity index (χ0n) is 24.8. The number of carbonyl (C=O) groups excluding carboxylic acids is 4. The van der Waals surface area contributed by atoms with Crippen LogP contribution in [0.3, 0.4) is 0 Å². The summed E-state index contributed by atoms with van der Waals surface area (Å²) in [6.45, 7) is -0.764. The number of rotatable bonds is 7. The normalized spacial score (nSPS) is 24.6. The monoisotopic (exact) mass is 702 g/mol. The molecule has 2 aliphatic heterocycles. The maximum atomic E-state index is 13.8. The third kappa shape index (κ3) is 5.52. The van der Waals surface area contributed by atoms with Gasteiger partial charge >= 0.3 is 6.18 Å². The molecule has 0 bridgehead atoms. The lowest BCUT2D eigenvalue weighted by Crippen LogP contribution is -2.46. The first-order valence-corrected chi connectivity index (χ1v) is 17.8. The fourth-order valence-electron chi connectivity index (χ4n) is 6.45. The number of hydrogen-bond acceptors (Lipinski definition) is 9. The number of sulfonamides is 2. The number of Topliss-reactive ketones (excluding diaryl/α,β-unsaturated/α-hetero) is 4. The predicted molar refractivity (Wildman–Crippen MR) is 164 cm³/mol. The standard InChI is InChI=1S/C32H25F3N2O9S2/c1-47(43,44)36-13-21(27-25(36)12-23(32(33,34)35)29(40)31(27)42)19-9-7-17(8-10-19)16-48(45,46)37-14-22(18-5-3-2-4-6-18)26-24(37)11-20(15-38)28(39)30(26)41/h2-14,24-27,38H,15-16H2,1H3. The number of carbonyl (C=O) groups is 4. The van der Waals surface area contributed by atoms with Crippen LogP contribution in [0, 0.1) is 11.8 Å². The van der Waals surface area contributed by atoms with Crippen LogP contribution in [0.2, 0.25) is 0 Å². The number of hydrogen-bond donors (Lipinski definition) is 1. The largest absolute Gasteiger partial charge is 0.420 e. The second-order valence-electron chi connectivity index (χ2n) is 11.7. The summed E-state index contributed by atoms with van der Waals surface area (Å²) in [6, 6.07) is 11.1. The summed E-state index contributed by atoms with van der Waals surface area (Å²) in [5.74, 6) is -8.31. The molecule has 250 valence electrons. The summed E-state index contributed by atoms with van der Waals surface area (Å²) in [6.07, 6.45) is -0.467. The Morgan fingerprint density at radius 1 is 0.729 bits per heavy atom. The molecule has 11 nitrogen and oxygen atoms in total. The molecule has 48 heavy (non-hydrogen) atoms. The van der Waals surface area contributed by atoms with Gasteiger partial charge in [0, 0.05) is 18.0 Å². The highest BCUT2D eigenvalue weighted by molar-refractivity contribution is 7.88. The van der Waals surface area contributed by atoms with Gasteiger partial charge in [0.1, 0.15) is 5.57 Å². The molecule has 0 aromatic heterocycles. The first-order chi connectivity index (χ1) is 22.4. The molecule has 0 saturated carbocycles. The van der Waals surface area contributed by atoms with E-state index in [-0.39, 0.29) is 22.3 Å². The molecule has 0 saturated heterocycles. The lowest BCUT2D eigenvalue weighted by atomic mass is 9.79. The lowest BCUT2D eigenvalue weighted by Gasteiger charge is -2.30. The molecule has 0 fully saturated rings. The Hall–Kier alpha value is -4.67. The molecule has 2 aromatic carbocycles. The highest BCUT2D eigenvalue weighted by Gasteiger charge is 2.54. The Bertz CT molecular complexity index is 2120. The summed E-state index contributed by atoms with van der Waals surface area (Å²) in [4.78, 5) is 51.1. The van der Waals surface area contributed by atoms with Crippen LogP contribution < -0.4 is 0 Å². The van der Waals surface area contributed by atoms with E-state index in [0.29, 0.717) is 21.5 Å². The van der Waals surface area contributed by atoms with Crippen molar-refractivity contribution >= 4 is 54.3 Å². The molecule has 4 atom stereocenters. The van der Waals surface area contributed by atoms with Crippen molar-refractivity contribution in [3.8, 4) is 0 Å². The topological polar surface area (TPSA) is 163 Å². The van der Waals surface area contributed by atoms with Crippen LogP contribution in [0.1, 0.15) is 16.7 Å².